The summed E-state index contributed by atoms with van der Waals surface area (Å²) >= 11 is 3.63. The fourth-order valence-corrected chi connectivity index (χ4v) is 2.85. The number of rotatable bonds is 5. The van der Waals surface area contributed by atoms with Gasteiger partial charge in [0, 0.05) is 4.47 Å². The Kier molecular flexibility index (Phi) is 5.61. The number of esters is 1. The zero-order valence-electron chi connectivity index (χ0n) is 13.0. The van der Waals surface area contributed by atoms with E-state index >= 15 is 0 Å². The molecule has 22 heavy (non-hydrogen) atoms. The van der Waals surface area contributed by atoms with Crippen LogP contribution in [0.5, 0.6) is 5.75 Å². The van der Waals surface area contributed by atoms with Crippen LogP contribution < -0.4 is 4.74 Å². The van der Waals surface area contributed by atoms with E-state index in [1.807, 2.05) is 37.3 Å². The summed E-state index contributed by atoms with van der Waals surface area (Å²) in [7, 11) is 3.07. The van der Waals surface area contributed by atoms with Gasteiger partial charge in [0.1, 0.15) is 5.75 Å². The molecule has 0 heterocycles. The maximum atomic E-state index is 11.8. The number of ether oxygens (including phenoxy) is 2. The van der Waals surface area contributed by atoms with Crippen molar-refractivity contribution in [3.63, 3.8) is 0 Å². The van der Waals surface area contributed by atoms with Gasteiger partial charge in [-0.1, -0.05) is 34.1 Å². The van der Waals surface area contributed by atoms with Crippen LogP contribution in [0.25, 0.3) is 0 Å². The van der Waals surface area contributed by atoms with E-state index in [2.05, 4.69) is 15.9 Å². The van der Waals surface area contributed by atoms with E-state index in [0.717, 1.165) is 39.8 Å². The Hall–Kier alpha value is -1.81. The van der Waals surface area contributed by atoms with Crippen LogP contribution in [0.1, 0.15) is 27.0 Å². The molecule has 0 saturated carbocycles. The van der Waals surface area contributed by atoms with E-state index < -0.39 is 0 Å². The van der Waals surface area contributed by atoms with Crippen molar-refractivity contribution in [1.29, 1.82) is 0 Å². The standard InChI is InChI=1S/C18H19BrO3/c1-12-10-15(21-2)11-14(17(12)19)9-8-13-6-4-5-7-16(13)18(20)22-3/h4-7,10-11H,8-9H2,1-3H3. The normalized spacial score (nSPS) is 10.4. The molecule has 0 aliphatic carbocycles. The SMILES string of the molecule is COC(=O)c1ccccc1CCc1cc(OC)cc(C)c1Br. The third-order valence-electron chi connectivity index (χ3n) is 3.63. The van der Waals surface area contributed by atoms with Gasteiger partial charge in [-0.15, -0.1) is 0 Å². The average Bonchev–Trinajstić information content (AvgIpc) is 2.55. The Morgan fingerprint density at radius 3 is 2.45 bits per heavy atom. The second kappa shape index (κ2) is 7.45. The van der Waals surface area contributed by atoms with E-state index in [1.54, 1.807) is 13.2 Å². The molecule has 0 unspecified atom stereocenters. The monoisotopic (exact) mass is 362 g/mol. The lowest BCUT2D eigenvalue weighted by Gasteiger charge is -2.12. The van der Waals surface area contributed by atoms with E-state index in [0.29, 0.717) is 5.56 Å². The summed E-state index contributed by atoms with van der Waals surface area (Å²) < 4.78 is 11.3. The minimum atomic E-state index is -0.295. The van der Waals surface area contributed by atoms with Crippen molar-refractivity contribution in [1.82, 2.24) is 0 Å². The molecule has 0 fully saturated rings. The van der Waals surface area contributed by atoms with Crippen LogP contribution in [0.15, 0.2) is 40.9 Å². The van der Waals surface area contributed by atoms with Gasteiger partial charge in [0.05, 0.1) is 19.8 Å². The molecule has 3 nitrogen and oxygen atoms in total. The zero-order valence-corrected chi connectivity index (χ0v) is 14.6. The van der Waals surface area contributed by atoms with Crippen molar-refractivity contribution < 1.29 is 14.3 Å². The van der Waals surface area contributed by atoms with Gasteiger partial charge in [0.15, 0.2) is 0 Å². The number of methoxy groups -OCH3 is 2. The van der Waals surface area contributed by atoms with Gasteiger partial charge < -0.3 is 9.47 Å². The predicted octanol–water partition coefficient (Wildman–Crippen LogP) is 4.34. The Bertz CT molecular complexity index is 680. The van der Waals surface area contributed by atoms with Gasteiger partial charge in [0.25, 0.3) is 0 Å². The number of halogens is 1. The molecule has 0 aliphatic heterocycles. The maximum Gasteiger partial charge on any atom is 0.338 e. The highest BCUT2D eigenvalue weighted by Crippen LogP contribution is 2.28. The second-order valence-corrected chi connectivity index (χ2v) is 5.86. The largest absolute Gasteiger partial charge is 0.497 e. The Balaban J connectivity index is 2.24. The van der Waals surface area contributed by atoms with Gasteiger partial charge in [0.2, 0.25) is 0 Å². The van der Waals surface area contributed by atoms with Crippen LogP contribution in [0.2, 0.25) is 0 Å². The first-order chi connectivity index (χ1) is 10.6. The van der Waals surface area contributed by atoms with Crippen molar-refractivity contribution >= 4 is 21.9 Å². The minimum Gasteiger partial charge on any atom is -0.497 e. The summed E-state index contributed by atoms with van der Waals surface area (Å²) in [5, 5.41) is 0. The molecule has 0 N–H and O–H groups in total. The summed E-state index contributed by atoms with van der Waals surface area (Å²) in [4.78, 5) is 11.8. The van der Waals surface area contributed by atoms with E-state index in [1.165, 1.54) is 7.11 Å². The molecule has 2 aromatic carbocycles. The number of hydrogen-bond donors (Lipinski definition) is 0. The van der Waals surface area contributed by atoms with Crippen LogP contribution in [-0.4, -0.2) is 20.2 Å². The molecular weight excluding hydrogens is 344 g/mol. The van der Waals surface area contributed by atoms with Crippen molar-refractivity contribution in [2.45, 2.75) is 19.8 Å². The van der Waals surface area contributed by atoms with Crippen molar-refractivity contribution in [2.75, 3.05) is 14.2 Å². The maximum absolute atomic E-state index is 11.8. The predicted molar refractivity (Wildman–Crippen MR) is 90.6 cm³/mol. The highest BCUT2D eigenvalue weighted by molar-refractivity contribution is 9.10. The third kappa shape index (κ3) is 3.69. The fourth-order valence-electron chi connectivity index (χ4n) is 2.42. The molecule has 0 radical (unpaired) electrons. The molecule has 2 rings (SSSR count). The molecule has 116 valence electrons. The van der Waals surface area contributed by atoms with Crippen LogP contribution in [0, 0.1) is 6.92 Å². The molecule has 2 aromatic rings. The molecule has 0 aromatic heterocycles. The van der Waals surface area contributed by atoms with Crippen LogP contribution in [-0.2, 0) is 17.6 Å². The minimum absolute atomic E-state index is 0.295. The van der Waals surface area contributed by atoms with Gasteiger partial charge in [-0.05, 0) is 54.7 Å². The summed E-state index contributed by atoms with van der Waals surface area (Å²) in [5.41, 5.74) is 3.91. The fraction of sp³-hybridized carbons (Fsp3) is 0.278. The third-order valence-corrected chi connectivity index (χ3v) is 4.76. The Labute approximate surface area is 139 Å². The van der Waals surface area contributed by atoms with Crippen molar-refractivity contribution in [2.24, 2.45) is 0 Å². The van der Waals surface area contributed by atoms with Gasteiger partial charge >= 0.3 is 5.97 Å². The quantitative estimate of drug-likeness (QED) is 0.742. The molecule has 0 spiro atoms. The molecule has 0 bridgehead atoms. The molecule has 0 aliphatic rings. The second-order valence-electron chi connectivity index (χ2n) is 5.07. The highest BCUT2D eigenvalue weighted by atomic mass is 79.9. The lowest BCUT2D eigenvalue weighted by atomic mass is 9.99. The number of carbonyl (C=O) groups is 1. The molecule has 0 atom stereocenters. The van der Waals surface area contributed by atoms with E-state index in [4.69, 9.17) is 9.47 Å². The number of aryl methyl sites for hydroxylation is 3. The first-order valence-corrected chi connectivity index (χ1v) is 7.85. The smallest absolute Gasteiger partial charge is 0.338 e. The summed E-state index contributed by atoms with van der Waals surface area (Å²) in [6.45, 7) is 2.04. The lowest BCUT2D eigenvalue weighted by Crippen LogP contribution is -2.06. The van der Waals surface area contributed by atoms with Gasteiger partial charge in [-0.3, -0.25) is 0 Å². The summed E-state index contributed by atoms with van der Waals surface area (Å²) in [6, 6.07) is 11.6. The first-order valence-electron chi connectivity index (χ1n) is 7.06. The molecule has 4 heteroatoms. The van der Waals surface area contributed by atoms with Crippen LogP contribution in [0.4, 0.5) is 0 Å². The molecule has 0 amide bonds. The summed E-state index contributed by atoms with van der Waals surface area (Å²) in [6.07, 6.45) is 1.57. The van der Waals surface area contributed by atoms with Gasteiger partial charge in [-0.25, -0.2) is 4.79 Å². The number of hydrogen-bond acceptors (Lipinski definition) is 3. The lowest BCUT2D eigenvalue weighted by molar-refractivity contribution is 0.0599. The zero-order chi connectivity index (χ0) is 16.1. The topological polar surface area (TPSA) is 35.5 Å². The van der Waals surface area contributed by atoms with Crippen LogP contribution >= 0.6 is 15.9 Å². The molecular formula is C18H19BrO3. The highest BCUT2D eigenvalue weighted by Gasteiger charge is 2.12. The van der Waals surface area contributed by atoms with E-state index in [-0.39, 0.29) is 5.97 Å². The Morgan fingerprint density at radius 1 is 1.09 bits per heavy atom. The van der Waals surface area contributed by atoms with Crippen molar-refractivity contribution in [3.8, 4) is 5.75 Å². The number of carbonyl (C=O) groups excluding carboxylic acids is 1. The van der Waals surface area contributed by atoms with Gasteiger partial charge in [-0.2, -0.15) is 0 Å². The average molecular weight is 363 g/mol. The summed E-state index contributed by atoms with van der Waals surface area (Å²) in [5.74, 6) is 0.549. The Morgan fingerprint density at radius 2 is 1.77 bits per heavy atom. The van der Waals surface area contributed by atoms with Crippen LogP contribution in [0.3, 0.4) is 0 Å². The molecule has 0 saturated heterocycles. The number of benzene rings is 2. The van der Waals surface area contributed by atoms with E-state index in [9.17, 15) is 4.79 Å². The van der Waals surface area contributed by atoms with Crippen molar-refractivity contribution in [3.05, 3.63) is 63.1 Å². The first kappa shape index (κ1) is 16.6.